The highest BCUT2D eigenvalue weighted by Crippen LogP contribution is 2.16. The number of piperidine rings is 1. The molecule has 3 N–H and O–H groups in total. The van der Waals surface area contributed by atoms with Gasteiger partial charge in [-0.15, -0.1) is 0 Å². The third kappa shape index (κ3) is 3.51. The van der Waals surface area contributed by atoms with Crippen molar-refractivity contribution in [3.8, 4) is 0 Å². The summed E-state index contributed by atoms with van der Waals surface area (Å²) in [6.07, 6.45) is 4.33. The number of likely N-dealkylation sites (tertiary alicyclic amines) is 1. The molecule has 0 radical (unpaired) electrons. The first kappa shape index (κ1) is 14.9. The number of nitrogens with two attached hydrogens (primary N) is 1. The molecular weight excluding hydrogens is 280 g/mol. The Bertz CT molecular complexity index is 608. The number of aromatic nitrogens is 1. The maximum absolute atomic E-state index is 12.4. The molecule has 20 heavy (non-hydrogen) atoms. The van der Waals surface area contributed by atoms with Crippen LogP contribution in [0, 0.1) is 0 Å². The summed E-state index contributed by atoms with van der Waals surface area (Å²) in [6, 6.07) is 1.41. The fourth-order valence-corrected chi connectivity index (χ4v) is 3.32. The van der Waals surface area contributed by atoms with E-state index in [-0.39, 0.29) is 11.9 Å². The zero-order valence-corrected chi connectivity index (χ0v) is 12.5. The quantitative estimate of drug-likeness (QED) is 0.805. The second kappa shape index (κ2) is 5.45. The molecule has 0 aromatic carbocycles. The van der Waals surface area contributed by atoms with Crippen LogP contribution in [0.5, 0.6) is 0 Å². The van der Waals surface area contributed by atoms with Gasteiger partial charge in [0.25, 0.3) is 5.91 Å². The largest absolute Gasteiger partial charge is 0.397 e. The first-order valence-corrected chi connectivity index (χ1v) is 8.34. The van der Waals surface area contributed by atoms with Gasteiger partial charge in [0.05, 0.1) is 11.9 Å². The lowest BCUT2D eigenvalue weighted by Crippen LogP contribution is -2.49. The van der Waals surface area contributed by atoms with Gasteiger partial charge in [0.15, 0.2) is 0 Å². The molecule has 1 aliphatic heterocycles. The number of amides is 1. The molecule has 0 spiro atoms. The number of carbonyl (C=O) groups is 1. The number of carbonyl (C=O) groups excluding carboxylic acids is 1. The van der Waals surface area contributed by atoms with Crippen LogP contribution in [0.15, 0.2) is 12.3 Å². The number of nitrogen functional groups attached to an aromatic ring is 1. The van der Waals surface area contributed by atoms with E-state index >= 15 is 0 Å². The van der Waals surface area contributed by atoms with Crippen LogP contribution in [0.3, 0.4) is 0 Å². The summed E-state index contributed by atoms with van der Waals surface area (Å²) < 4.78 is 26.8. The summed E-state index contributed by atoms with van der Waals surface area (Å²) in [5, 5.41) is 0. The lowest BCUT2D eigenvalue weighted by molar-refractivity contribution is 0.0693. The van der Waals surface area contributed by atoms with Crippen molar-refractivity contribution in [2.24, 2.45) is 7.05 Å². The molecule has 2 rings (SSSR count). The van der Waals surface area contributed by atoms with Gasteiger partial charge in [0.2, 0.25) is 10.0 Å². The van der Waals surface area contributed by atoms with E-state index in [2.05, 4.69) is 4.72 Å². The molecule has 1 saturated heterocycles. The minimum Gasteiger partial charge on any atom is -0.397 e. The molecule has 1 unspecified atom stereocenters. The Labute approximate surface area is 118 Å². The first-order chi connectivity index (χ1) is 9.26. The van der Waals surface area contributed by atoms with Crippen molar-refractivity contribution >= 4 is 21.6 Å². The van der Waals surface area contributed by atoms with Crippen molar-refractivity contribution < 1.29 is 13.2 Å². The third-order valence-electron chi connectivity index (χ3n) is 3.33. The number of anilines is 1. The minimum atomic E-state index is -3.25. The maximum Gasteiger partial charge on any atom is 0.270 e. The molecule has 0 saturated carbocycles. The van der Waals surface area contributed by atoms with Gasteiger partial charge in [-0.2, -0.15) is 0 Å². The smallest absolute Gasteiger partial charge is 0.270 e. The molecule has 1 aromatic rings. The number of aryl methyl sites for hydroxylation is 1. The molecule has 2 heterocycles. The predicted molar refractivity (Wildman–Crippen MR) is 76.7 cm³/mol. The fourth-order valence-electron chi connectivity index (χ4n) is 2.53. The standard InChI is InChI=1S/C12H20N4O3S/c1-15-7-9(13)6-11(15)12(17)16-5-3-4-10(8-16)14-20(2,18)19/h6-7,10,14H,3-5,8,13H2,1-2H3. The average Bonchev–Trinajstić information content (AvgIpc) is 2.65. The van der Waals surface area contributed by atoms with Crippen molar-refractivity contribution in [1.29, 1.82) is 0 Å². The highest BCUT2D eigenvalue weighted by Gasteiger charge is 2.27. The van der Waals surface area contributed by atoms with Gasteiger partial charge in [0, 0.05) is 32.4 Å². The number of sulfonamides is 1. The van der Waals surface area contributed by atoms with Crippen molar-refractivity contribution in [3.05, 3.63) is 18.0 Å². The van der Waals surface area contributed by atoms with E-state index in [9.17, 15) is 13.2 Å². The fraction of sp³-hybridized carbons (Fsp3) is 0.583. The van der Waals surface area contributed by atoms with E-state index < -0.39 is 10.0 Å². The van der Waals surface area contributed by atoms with Crippen molar-refractivity contribution in [2.45, 2.75) is 18.9 Å². The first-order valence-electron chi connectivity index (χ1n) is 6.44. The van der Waals surface area contributed by atoms with Gasteiger partial charge >= 0.3 is 0 Å². The Hall–Kier alpha value is -1.54. The van der Waals surface area contributed by atoms with Crippen LogP contribution < -0.4 is 10.5 Å². The lowest BCUT2D eigenvalue weighted by Gasteiger charge is -2.32. The summed E-state index contributed by atoms with van der Waals surface area (Å²) >= 11 is 0. The zero-order valence-electron chi connectivity index (χ0n) is 11.7. The second-order valence-electron chi connectivity index (χ2n) is 5.25. The summed E-state index contributed by atoms with van der Waals surface area (Å²) in [7, 11) is -1.49. The van der Waals surface area contributed by atoms with Crippen LogP contribution in [0.25, 0.3) is 0 Å². The molecule has 7 nitrogen and oxygen atoms in total. The Balaban J connectivity index is 2.09. The molecule has 1 atom stereocenters. The Morgan fingerprint density at radius 3 is 2.75 bits per heavy atom. The van der Waals surface area contributed by atoms with E-state index in [1.54, 1.807) is 28.8 Å². The molecule has 1 fully saturated rings. The molecular formula is C12H20N4O3S. The van der Waals surface area contributed by atoms with Crippen LogP contribution in [-0.4, -0.2) is 49.2 Å². The number of rotatable bonds is 3. The van der Waals surface area contributed by atoms with E-state index in [0.717, 1.165) is 19.1 Å². The third-order valence-corrected chi connectivity index (χ3v) is 4.10. The summed E-state index contributed by atoms with van der Waals surface area (Å²) in [5.74, 6) is -0.121. The van der Waals surface area contributed by atoms with Crippen LogP contribution in [-0.2, 0) is 17.1 Å². The van der Waals surface area contributed by atoms with Crippen LogP contribution in [0.2, 0.25) is 0 Å². The van der Waals surface area contributed by atoms with Crippen LogP contribution in [0.1, 0.15) is 23.3 Å². The Morgan fingerprint density at radius 1 is 1.50 bits per heavy atom. The molecule has 0 bridgehead atoms. The molecule has 1 amide bonds. The van der Waals surface area contributed by atoms with Crippen LogP contribution in [0.4, 0.5) is 5.69 Å². The average molecular weight is 300 g/mol. The molecule has 112 valence electrons. The van der Waals surface area contributed by atoms with E-state index in [0.29, 0.717) is 24.5 Å². The topological polar surface area (TPSA) is 97.4 Å². The minimum absolute atomic E-state index is 0.121. The highest BCUT2D eigenvalue weighted by molar-refractivity contribution is 7.88. The predicted octanol–water partition coefficient (Wildman–Crippen LogP) is -0.239. The summed E-state index contributed by atoms with van der Waals surface area (Å²) in [6.45, 7) is 1.02. The number of hydrogen-bond donors (Lipinski definition) is 2. The van der Waals surface area contributed by atoms with Gasteiger partial charge in [-0.3, -0.25) is 4.79 Å². The second-order valence-corrected chi connectivity index (χ2v) is 7.03. The van der Waals surface area contributed by atoms with Gasteiger partial charge in [0.1, 0.15) is 5.69 Å². The Morgan fingerprint density at radius 2 is 2.20 bits per heavy atom. The number of nitrogens with one attached hydrogen (secondary N) is 1. The van der Waals surface area contributed by atoms with Gasteiger partial charge in [-0.25, -0.2) is 13.1 Å². The van der Waals surface area contributed by atoms with E-state index in [1.807, 2.05) is 0 Å². The van der Waals surface area contributed by atoms with Crippen LogP contribution >= 0.6 is 0 Å². The van der Waals surface area contributed by atoms with Crippen molar-refractivity contribution in [3.63, 3.8) is 0 Å². The maximum atomic E-state index is 12.4. The molecule has 1 aromatic heterocycles. The molecule has 8 heteroatoms. The molecule has 0 aliphatic carbocycles. The van der Waals surface area contributed by atoms with Crippen molar-refractivity contribution in [2.75, 3.05) is 25.1 Å². The molecule has 1 aliphatic rings. The number of hydrogen-bond acceptors (Lipinski definition) is 4. The monoisotopic (exact) mass is 300 g/mol. The highest BCUT2D eigenvalue weighted by atomic mass is 32.2. The Kier molecular flexibility index (Phi) is 4.05. The van der Waals surface area contributed by atoms with Gasteiger partial charge < -0.3 is 15.2 Å². The van der Waals surface area contributed by atoms with E-state index in [4.69, 9.17) is 5.73 Å². The number of nitrogens with zero attached hydrogens (tertiary/aromatic N) is 2. The summed E-state index contributed by atoms with van der Waals surface area (Å²) in [5.41, 5.74) is 6.73. The van der Waals surface area contributed by atoms with Crippen molar-refractivity contribution in [1.82, 2.24) is 14.2 Å². The normalized spacial score (nSPS) is 20.1. The van der Waals surface area contributed by atoms with E-state index in [1.165, 1.54) is 0 Å². The lowest BCUT2D eigenvalue weighted by atomic mass is 10.1. The van der Waals surface area contributed by atoms with Gasteiger partial charge in [-0.1, -0.05) is 0 Å². The SMILES string of the molecule is Cn1cc(N)cc1C(=O)N1CCCC(NS(C)(=O)=O)C1. The summed E-state index contributed by atoms with van der Waals surface area (Å²) in [4.78, 5) is 14.1. The van der Waals surface area contributed by atoms with Gasteiger partial charge in [-0.05, 0) is 18.9 Å². The zero-order chi connectivity index (χ0) is 14.9.